The highest BCUT2D eigenvalue weighted by molar-refractivity contribution is 8.08. The molecule has 1 aliphatic rings. The van der Waals surface area contributed by atoms with E-state index in [0.717, 1.165) is 41.8 Å². The van der Waals surface area contributed by atoms with E-state index < -0.39 is 0 Å². The van der Waals surface area contributed by atoms with Gasteiger partial charge in [0.05, 0.1) is 11.5 Å². The van der Waals surface area contributed by atoms with E-state index >= 15 is 0 Å². The molecular weight excluding hydrogens is 386 g/mol. The Morgan fingerprint density at radius 1 is 0.893 bits per heavy atom. The lowest BCUT2D eigenvalue weighted by atomic mass is 10.1. The fourth-order valence-electron chi connectivity index (χ4n) is 3.34. The van der Waals surface area contributed by atoms with Crippen LogP contribution in [0.4, 0.5) is 5.69 Å². The Kier molecular flexibility index (Phi) is 8.17. The zero-order valence-corrected chi connectivity index (χ0v) is 18.5. The first-order valence-electron chi connectivity index (χ1n) is 10.3. The van der Waals surface area contributed by atoms with E-state index in [9.17, 15) is 0 Å². The quantitative estimate of drug-likeness (QED) is 0.425. The molecule has 0 aromatic heterocycles. The Morgan fingerprint density at radius 3 is 2.11 bits per heavy atom. The average molecular weight is 416 g/mol. The van der Waals surface area contributed by atoms with Crippen molar-refractivity contribution < 1.29 is 4.74 Å². The van der Waals surface area contributed by atoms with E-state index in [2.05, 4.69) is 43.0 Å². The van der Waals surface area contributed by atoms with Crippen molar-refractivity contribution in [2.75, 3.05) is 30.3 Å². The molecule has 0 amide bonds. The number of hydrogen-bond donors (Lipinski definition) is 0. The van der Waals surface area contributed by atoms with Crippen LogP contribution in [0.15, 0.2) is 48.5 Å². The lowest BCUT2D eigenvalue weighted by molar-refractivity contribution is 0.301. The lowest BCUT2D eigenvalue weighted by Crippen LogP contribution is -2.25. The molecule has 4 heteroatoms. The Bertz CT molecular complexity index is 762. The second-order valence-corrected chi connectivity index (χ2v) is 8.64. The number of anilines is 1. The summed E-state index contributed by atoms with van der Waals surface area (Å²) in [4.78, 5) is 3.74. The van der Waals surface area contributed by atoms with Crippen molar-refractivity contribution >= 4 is 39.7 Å². The predicted octanol–water partition coefficient (Wildman–Crippen LogP) is 7.34. The zero-order chi connectivity index (χ0) is 19.8. The smallest absolute Gasteiger partial charge is 0.140 e. The van der Waals surface area contributed by atoms with Crippen LogP contribution < -0.4 is 4.90 Å². The van der Waals surface area contributed by atoms with Gasteiger partial charge < -0.3 is 9.64 Å². The van der Waals surface area contributed by atoms with Gasteiger partial charge in [0, 0.05) is 35.1 Å². The van der Waals surface area contributed by atoms with E-state index in [0.29, 0.717) is 0 Å². The van der Waals surface area contributed by atoms with Crippen molar-refractivity contribution in [3.8, 4) is 0 Å². The fourth-order valence-corrected chi connectivity index (χ4v) is 4.45. The second-order valence-electron chi connectivity index (χ2n) is 7.10. The van der Waals surface area contributed by atoms with Crippen molar-refractivity contribution in [2.45, 2.75) is 39.5 Å². The first kappa shape index (κ1) is 21.1. The van der Waals surface area contributed by atoms with Gasteiger partial charge in [0.25, 0.3) is 0 Å². The van der Waals surface area contributed by atoms with Gasteiger partial charge in [-0.2, -0.15) is 0 Å². The molecule has 0 saturated heterocycles. The van der Waals surface area contributed by atoms with Gasteiger partial charge in [-0.25, -0.2) is 0 Å². The van der Waals surface area contributed by atoms with Crippen LogP contribution in [0.25, 0.3) is 10.7 Å². The number of halogens is 1. The first-order valence-corrected chi connectivity index (χ1v) is 11.7. The summed E-state index contributed by atoms with van der Waals surface area (Å²) in [6.45, 7) is 7.52. The number of rotatable bonds is 9. The molecule has 0 unspecified atom stereocenters. The number of hydrogen-bond acceptors (Lipinski definition) is 3. The van der Waals surface area contributed by atoms with Crippen molar-refractivity contribution in [3.63, 3.8) is 0 Å². The van der Waals surface area contributed by atoms with Gasteiger partial charge in [-0.3, -0.25) is 0 Å². The minimum absolute atomic E-state index is 0.742. The summed E-state index contributed by atoms with van der Waals surface area (Å²) in [6, 6.07) is 16.9. The fraction of sp³-hybridized carbons (Fsp3) is 0.417. The molecule has 0 N–H and O–H groups in total. The Hall–Kier alpha value is -1.58. The molecule has 0 bridgehead atoms. The molecule has 0 radical (unpaired) electrons. The second kappa shape index (κ2) is 10.8. The maximum absolute atomic E-state index is 6.06. The molecule has 2 aromatic carbocycles. The number of ether oxygens (including phenoxy) is 1. The van der Waals surface area contributed by atoms with Gasteiger partial charge in [0.1, 0.15) is 5.76 Å². The van der Waals surface area contributed by atoms with E-state index in [1.807, 2.05) is 36.0 Å². The zero-order valence-electron chi connectivity index (χ0n) is 16.9. The van der Waals surface area contributed by atoms with Gasteiger partial charge >= 0.3 is 0 Å². The van der Waals surface area contributed by atoms with Crippen LogP contribution in [-0.2, 0) is 4.74 Å². The van der Waals surface area contributed by atoms with Gasteiger partial charge in [0.2, 0.25) is 0 Å². The summed E-state index contributed by atoms with van der Waals surface area (Å²) in [7, 11) is 0. The molecule has 0 fully saturated rings. The summed E-state index contributed by atoms with van der Waals surface area (Å²) in [5.41, 5.74) is 3.63. The van der Waals surface area contributed by atoms with Crippen molar-refractivity contribution in [3.05, 3.63) is 64.7 Å². The molecule has 3 rings (SSSR count). The topological polar surface area (TPSA) is 12.5 Å². The van der Waals surface area contributed by atoms with E-state index in [-0.39, 0.29) is 0 Å². The van der Waals surface area contributed by atoms with Gasteiger partial charge in [-0.05, 0) is 54.8 Å². The molecule has 0 saturated carbocycles. The van der Waals surface area contributed by atoms with Crippen molar-refractivity contribution in [1.82, 2.24) is 0 Å². The van der Waals surface area contributed by atoms with Crippen LogP contribution in [0.5, 0.6) is 0 Å². The maximum Gasteiger partial charge on any atom is 0.140 e. The van der Waals surface area contributed by atoms with Crippen LogP contribution >= 0.6 is 23.4 Å². The maximum atomic E-state index is 6.06. The standard InChI is InChI=1S/C24H30ClNOS/c1-3-5-15-26(16-6-4-2)22-13-9-20(10-14-22)24-23(27-17-18-28-24)19-7-11-21(25)12-8-19/h7-14H,3-6,15-18H2,1-2H3. The van der Waals surface area contributed by atoms with Gasteiger partial charge in [-0.15, -0.1) is 11.8 Å². The van der Waals surface area contributed by atoms with Crippen molar-refractivity contribution in [2.24, 2.45) is 0 Å². The molecule has 28 heavy (non-hydrogen) atoms. The van der Waals surface area contributed by atoms with Crippen LogP contribution in [0.2, 0.25) is 5.02 Å². The van der Waals surface area contributed by atoms with E-state index in [1.165, 1.54) is 41.8 Å². The normalized spacial score (nSPS) is 14.1. The lowest BCUT2D eigenvalue weighted by Gasteiger charge is -2.26. The molecule has 0 aliphatic carbocycles. The highest BCUT2D eigenvalue weighted by atomic mass is 35.5. The molecule has 1 heterocycles. The van der Waals surface area contributed by atoms with Gasteiger partial charge in [0.15, 0.2) is 0 Å². The third-order valence-corrected chi connectivity index (χ3v) is 6.28. The minimum atomic E-state index is 0.742. The van der Waals surface area contributed by atoms with Crippen LogP contribution in [0, 0.1) is 0 Å². The predicted molar refractivity (Wildman–Crippen MR) is 125 cm³/mol. The Morgan fingerprint density at radius 2 is 1.50 bits per heavy atom. The third kappa shape index (κ3) is 5.48. The minimum Gasteiger partial charge on any atom is -0.491 e. The first-order chi connectivity index (χ1) is 13.7. The molecule has 0 spiro atoms. The summed E-state index contributed by atoms with van der Waals surface area (Å²) in [5.74, 6) is 1.95. The number of thioether (sulfide) groups is 1. The number of nitrogens with zero attached hydrogens (tertiary/aromatic N) is 1. The molecule has 150 valence electrons. The Labute approximate surface area is 178 Å². The molecule has 0 atom stereocenters. The van der Waals surface area contributed by atoms with E-state index in [4.69, 9.17) is 16.3 Å². The largest absolute Gasteiger partial charge is 0.491 e. The molecule has 2 aromatic rings. The summed E-state index contributed by atoms with van der Waals surface area (Å²) >= 11 is 7.93. The van der Waals surface area contributed by atoms with Crippen LogP contribution in [-0.4, -0.2) is 25.4 Å². The summed E-state index contributed by atoms with van der Waals surface area (Å²) < 4.78 is 6.06. The Balaban J connectivity index is 1.86. The van der Waals surface area contributed by atoms with E-state index in [1.54, 1.807) is 0 Å². The number of benzene rings is 2. The van der Waals surface area contributed by atoms with Crippen LogP contribution in [0.3, 0.4) is 0 Å². The third-order valence-electron chi connectivity index (χ3n) is 4.95. The molecule has 1 aliphatic heterocycles. The van der Waals surface area contributed by atoms with Crippen molar-refractivity contribution in [1.29, 1.82) is 0 Å². The average Bonchev–Trinajstić information content (AvgIpc) is 2.75. The van der Waals surface area contributed by atoms with Gasteiger partial charge in [-0.1, -0.05) is 50.4 Å². The molecular formula is C24H30ClNOS. The number of unbranched alkanes of at least 4 members (excludes halogenated alkanes) is 2. The highest BCUT2D eigenvalue weighted by Crippen LogP contribution is 2.40. The van der Waals surface area contributed by atoms with Crippen LogP contribution in [0.1, 0.15) is 50.7 Å². The SMILES string of the molecule is CCCCN(CCCC)c1ccc(C2=C(c3ccc(Cl)cc3)OCCS2)cc1. The monoisotopic (exact) mass is 415 g/mol. The highest BCUT2D eigenvalue weighted by Gasteiger charge is 2.18. The summed E-state index contributed by atoms with van der Waals surface area (Å²) in [5, 5.41) is 0.748. The molecule has 2 nitrogen and oxygen atoms in total. The summed E-state index contributed by atoms with van der Waals surface area (Å²) in [6.07, 6.45) is 4.93.